The molecule has 1 saturated heterocycles. The molecule has 1 heterocycles. The number of aliphatic hydroxyl groups is 1. The molecule has 0 aromatic heterocycles. The fourth-order valence-electron chi connectivity index (χ4n) is 3.74. The van der Waals surface area contributed by atoms with Gasteiger partial charge in [0.05, 0.1) is 12.6 Å². The predicted octanol–water partition coefficient (Wildman–Crippen LogP) is 3.34. The van der Waals surface area contributed by atoms with Crippen LogP contribution < -0.4 is 0 Å². The summed E-state index contributed by atoms with van der Waals surface area (Å²) in [6.45, 7) is 2.89. The molecule has 1 saturated carbocycles. The van der Waals surface area contributed by atoms with E-state index in [4.69, 9.17) is 9.47 Å². The smallest absolute Gasteiger partial charge is 0.158 e. The molecule has 1 aliphatic heterocycles. The molecule has 1 aliphatic carbocycles. The van der Waals surface area contributed by atoms with Crippen LogP contribution in [-0.4, -0.2) is 48.2 Å². The minimum atomic E-state index is -0.125. The third kappa shape index (κ3) is 6.41. The van der Waals surface area contributed by atoms with Crippen LogP contribution in [0.1, 0.15) is 50.5 Å². The van der Waals surface area contributed by atoms with E-state index in [1.807, 2.05) is 0 Å². The van der Waals surface area contributed by atoms with E-state index in [1.165, 1.54) is 12.0 Å². The normalized spacial score (nSPS) is 26.3. The summed E-state index contributed by atoms with van der Waals surface area (Å²) in [5, 5.41) is 9.79. The third-order valence-corrected chi connectivity index (χ3v) is 5.30. The van der Waals surface area contributed by atoms with Gasteiger partial charge in [-0.2, -0.15) is 0 Å². The Kier molecular flexibility index (Phi) is 7.97. The molecule has 2 aliphatic rings. The lowest BCUT2D eigenvalue weighted by Gasteiger charge is -2.34. The minimum Gasteiger partial charge on any atom is -0.393 e. The SMILES string of the molecule is OC1CCC(N(CC#CCOC2CCCCO2)Cc2ccccc2)CC1. The summed E-state index contributed by atoms with van der Waals surface area (Å²) in [5.41, 5.74) is 1.31. The first-order chi connectivity index (χ1) is 12.8. The van der Waals surface area contributed by atoms with Gasteiger partial charge >= 0.3 is 0 Å². The highest BCUT2D eigenvalue weighted by Crippen LogP contribution is 2.24. The van der Waals surface area contributed by atoms with Crippen LogP contribution in [0.2, 0.25) is 0 Å². The average Bonchev–Trinajstić information content (AvgIpc) is 2.69. The van der Waals surface area contributed by atoms with Crippen LogP contribution in [0.4, 0.5) is 0 Å². The maximum Gasteiger partial charge on any atom is 0.158 e. The number of hydrogen-bond donors (Lipinski definition) is 1. The molecule has 1 aromatic rings. The van der Waals surface area contributed by atoms with E-state index in [9.17, 15) is 5.11 Å². The lowest BCUT2D eigenvalue weighted by molar-refractivity contribution is -0.154. The summed E-state index contributed by atoms with van der Waals surface area (Å²) in [7, 11) is 0. The first kappa shape index (κ1) is 19.4. The Morgan fingerprint density at radius 1 is 1.04 bits per heavy atom. The van der Waals surface area contributed by atoms with Crippen molar-refractivity contribution in [3.8, 4) is 11.8 Å². The summed E-state index contributed by atoms with van der Waals surface area (Å²) in [6.07, 6.45) is 6.97. The van der Waals surface area contributed by atoms with Crippen LogP contribution in [0.15, 0.2) is 30.3 Å². The topological polar surface area (TPSA) is 41.9 Å². The van der Waals surface area contributed by atoms with E-state index in [1.54, 1.807) is 0 Å². The van der Waals surface area contributed by atoms with Gasteiger partial charge in [0.15, 0.2) is 6.29 Å². The molecule has 26 heavy (non-hydrogen) atoms. The molecule has 4 nitrogen and oxygen atoms in total. The van der Waals surface area contributed by atoms with E-state index >= 15 is 0 Å². The second kappa shape index (κ2) is 10.7. The molecule has 1 N–H and O–H groups in total. The fourth-order valence-corrected chi connectivity index (χ4v) is 3.74. The van der Waals surface area contributed by atoms with Crippen molar-refractivity contribution in [3.05, 3.63) is 35.9 Å². The van der Waals surface area contributed by atoms with Crippen molar-refractivity contribution in [2.24, 2.45) is 0 Å². The van der Waals surface area contributed by atoms with Gasteiger partial charge in [0.1, 0.15) is 6.61 Å². The van der Waals surface area contributed by atoms with Crippen LogP contribution in [-0.2, 0) is 16.0 Å². The molecule has 0 radical (unpaired) electrons. The Morgan fingerprint density at radius 3 is 2.58 bits per heavy atom. The highest BCUT2D eigenvalue weighted by atomic mass is 16.7. The van der Waals surface area contributed by atoms with Crippen molar-refractivity contribution in [2.75, 3.05) is 19.8 Å². The zero-order valence-corrected chi connectivity index (χ0v) is 15.6. The van der Waals surface area contributed by atoms with Crippen LogP contribution >= 0.6 is 0 Å². The number of rotatable bonds is 6. The van der Waals surface area contributed by atoms with Crippen molar-refractivity contribution in [1.29, 1.82) is 0 Å². The first-order valence-electron chi connectivity index (χ1n) is 9.96. The maximum atomic E-state index is 9.79. The molecule has 1 aromatic carbocycles. The highest BCUT2D eigenvalue weighted by molar-refractivity contribution is 5.15. The molecular formula is C22H31NO3. The third-order valence-electron chi connectivity index (χ3n) is 5.30. The van der Waals surface area contributed by atoms with Crippen LogP contribution in [0.25, 0.3) is 0 Å². The van der Waals surface area contributed by atoms with Crippen molar-refractivity contribution in [3.63, 3.8) is 0 Å². The number of nitrogens with zero attached hydrogens (tertiary/aromatic N) is 1. The zero-order valence-electron chi connectivity index (χ0n) is 15.6. The second-order valence-electron chi connectivity index (χ2n) is 7.31. The van der Waals surface area contributed by atoms with Crippen molar-refractivity contribution < 1.29 is 14.6 Å². The van der Waals surface area contributed by atoms with E-state index in [-0.39, 0.29) is 12.4 Å². The van der Waals surface area contributed by atoms with Gasteiger partial charge in [-0.1, -0.05) is 42.2 Å². The molecule has 142 valence electrons. The van der Waals surface area contributed by atoms with Crippen LogP contribution in [0, 0.1) is 11.8 Å². The van der Waals surface area contributed by atoms with Gasteiger partial charge in [-0.05, 0) is 50.5 Å². The number of benzene rings is 1. The molecule has 1 atom stereocenters. The first-order valence-corrected chi connectivity index (χ1v) is 9.96. The molecular weight excluding hydrogens is 326 g/mol. The number of hydrogen-bond acceptors (Lipinski definition) is 4. The summed E-state index contributed by atoms with van der Waals surface area (Å²) in [6, 6.07) is 11.1. The van der Waals surface area contributed by atoms with E-state index in [0.29, 0.717) is 12.6 Å². The molecule has 0 spiro atoms. The van der Waals surface area contributed by atoms with Gasteiger partial charge in [0, 0.05) is 19.2 Å². The number of aliphatic hydroxyl groups excluding tert-OH is 1. The Balaban J connectivity index is 1.50. The largest absolute Gasteiger partial charge is 0.393 e. The van der Waals surface area contributed by atoms with Crippen molar-refractivity contribution in [1.82, 2.24) is 4.90 Å². The Labute approximate surface area is 157 Å². The van der Waals surface area contributed by atoms with Crippen LogP contribution in [0.3, 0.4) is 0 Å². The number of ether oxygens (including phenoxy) is 2. The second-order valence-corrected chi connectivity index (χ2v) is 7.31. The molecule has 3 rings (SSSR count). The molecule has 0 amide bonds. The van der Waals surface area contributed by atoms with Crippen molar-refractivity contribution in [2.45, 2.75) is 69.9 Å². The summed E-state index contributed by atoms with van der Waals surface area (Å²) < 4.78 is 11.3. The molecule has 4 heteroatoms. The monoisotopic (exact) mass is 357 g/mol. The van der Waals surface area contributed by atoms with E-state index in [2.05, 4.69) is 47.1 Å². The summed E-state index contributed by atoms with van der Waals surface area (Å²) in [5.74, 6) is 6.44. The van der Waals surface area contributed by atoms with Crippen LogP contribution in [0.5, 0.6) is 0 Å². The van der Waals surface area contributed by atoms with Gasteiger partial charge in [0.2, 0.25) is 0 Å². The average molecular weight is 357 g/mol. The predicted molar refractivity (Wildman–Crippen MR) is 102 cm³/mol. The Bertz CT molecular complexity index is 566. The summed E-state index contributed by atoms with van der Waals surface area (Å²) in [4.78, 5) is 2.45. The minimum absolute atomic E-state index is 0.0710. The molecule has 2 fully saturated rings. The van der Waals surface area contributed by atoms with Gasteiger partial charge in [-0.15, -0.1) is 0 Å². The van der Waals surface area contributed by atoms with Gasteiger partial charge in [-0.25, -0.2) is 0 Å². The van der Waals surface area contributed by atoms with E-state index < -0.39 is 0 Å². The highest BCUT2D eigenvalue weighted by Gasteiger charge is 2.24. The van der Waals surface area contributed by atoms with Crippen molar-refractivity contribution >= 4 is 0 Å². The lowest BCUT2D eigenvalue weighted by atomic mass is 9.91. The Hall–Kier alpha value is -1.38. The Morgan fingerprint density at radius 2 is 1.85 bits per heavy atom. The fraction of sp³-hybridized carbons (Fsp3) is 0.636. The quantitative estimate of drug-likeness (QED) is 0.793. The summed E-state index contributed by atoms with van der Waals surface area (Å²) >= 11 is 0. The van der Waals surface area contributed by atoms with E-state index in [0.717, 1.165) is 58.2 Å². The zero-order chi connectivity index (χ0) is 18.0. The van der Waals surface area contributed by atoms with Gasteiger partial charge < -0.3 is 14.6 Å². The van der Waals surface area contributed by atoms with Gasteiger partial charge in [0.25, 0.3) is 0 Å². The lowest BCUT2D eigenvalue weighted by Crippen LogP contribution is -2.39. The maximum absolute atomic E-state index is 9.79. The molecule has 1 unspecified atom stereocenters. The van der Waals surface area contributed by atoms with Gasteiger partial charge in [-0.3, -0.25) is 4.90 Å². The molecule has 0 bridgehead atoms. The standard InChI is InChI=1S/C22H31NO3/c24-21-13-11-20(12-14-21)23(18-19-8-2-1-3-9-19)15-5-7-17-26-22-10-4-6-16-25-22/h1-3,8-9,20-22,24H,4,6,10-18H2.